The van der Waals surface area contributed by atoms with Crippen molar-refractivity contribution in [3.05, 3.63) is 82.6 Å². The number of hydrogen-bond donors (Lipinski definition) is 1. The zero-order valence-electron chi connectivity index (χ0n) is 13.6. The summed E-state index contributed by atoms with van der Waals surface area (Å²) in [6.45, 7) is 0.475. The molecular weight excluding hydrogens is 332 g/mol. The van der Waals surface area contributed by atoms with Crippen LogP contribution in [-0.4, -0.2) is 20.3 Å². The van der Waals surface area contributed by atoms with Crippen LogP contribution in [-0.2, 0) is 6.61 Å². The zero-order valence-corrected chi connectivity index (χ0v) is 13.6. The maximum absolute atomic E-state index is 11.1. The van der Waals surface area contributed by atoms with Crippen LogP contribution in [0.2, 0.25) is 0 Å². The minimum absolute atomic E-state index is 0.243. The van der Waals surface area contributed by atoms with Crippen molar-refractivity contribution < 1.29 is 9.26 Å². The SMILES string of the molecule is O=c1ccc(-c2nc(-c3ccc(COc4ccccc4)cc3)no2)n[nH]1. The number of aromatic nitrogens is 4. The number of aromatic amines is 1. The summed E-state index contributed by atoms with van der Waals surface area (Å²) in [6.07, 6.45) is 0. The van der Waals surface area contributed by atoms with Gasteiger partial charge in [-0.25, -0.2) is 5.10 Å². The van der Waals surface area contributed by atoms with Gasteiger partial charge in [-0.2, -0.15) is 10.1 Å². The van der Waals surface area contributed by atoms with Crippen LogP contribution in [0.15, 0.2) is 76.0 Å². The number of para-hydroxylation sites is 1. The Hall–Kier alpha value is -3.74. The largest absolute Gasteiger partial charge is 0.489 e. The van der Waals surface area contributed by atoms with E-state index in [1.165, 1.54) is 12.1 Å². The molecule has 0 fully saturated rings. The van der Waals surface area contributed by atoms with Crippen molar-refractivity contribution in [3.8, 4) is 28.7 Å². The number of nitrogens with one attached hydrogen (secondary N) is 1. The van der Waals surface area contributed by atoms with Crippen molar-refractivity contribution >= 4 is 0 Å². The summed E-state index contributed by atoms with van der Waals surface area (Å²) in [5.74, 6) is 1.52. The molecule has 0 amide bonds. The highest BCUT2D eigenvalue weighted by Crippen LogP contribution is 2.21. The van der Waals surface area contributed by atoms with Crippen LogP contribution in [0.3, 0.4) is 0 Å². The molecule has 1 N–H and O–H groups in total. The Morgan fingerprint density at radius 2 is 1.77 bits per heavy atom. The number of hydrogen-bond acceptors (Lipinski definition) is 6. The zero-order chi connectivity index (χ0) is 17.8. The highest BCUT2D eigenvalue weighted by Gasteiger charge is 2.12. The maximum atomic E-state index is 11.1. The van der Waals surface area contributed by atoms with E-state index in [0.29, 0.717) is 18.1 Å². The third kappa shape index (κ3) is 3.51. The van der Waals surface area contributed by atoms with E-state index >= 15 is 0 Å². The minimum atomic E-state index is -0.290. The lowest BCUT2D eigenvalue weighted by Gasteiger charge is -2.06. The molecule has 128 valence electrons. The average molecular weight is 346 g/mol. The lowest BCUT2D eigenvalue weighted by Crippen LogP contribution is -2.05. The van der Waals surface area contributed by atoms with E-state index in [4.69, 9.17) is 9.26 Å². The van der Waals surface area contributed by atoms with Crippen LogP contribution in [0.1, 0.15) is 5.56 Å². The second kappa shape index (κ2) is 7.02. The van der Waals surface area contributed by atoms with E-state index in [0.717, 1.165) is 16.9 Å². The number of benzene rings is 2. The second-order valence-corrected chi connectivity index (χ2v) is 5.53. The van der Waals surface area contributed by atoms with Crippen LogP contribution in [0.4, 0.5) is 0 Å². The van der Waals surface area contributed by atoms with Gasteiger partial charge in [-0.1, -0.05) is 47.6 Å². The highest BCUT2D eigenvalue weighted by molar-refractivity contribution is 5.57. The molecule has 0 unspecified atom stereocenters. The summed E-state index contributed by atoms with van der Waals surface area (Å²) >= 11 is 0. The van der Waals surface area contributed by atoms with Gasteiger partial charge in [-0.05, 0) is 23.8 Å². The molecule has 0 radical (unpaired) electrons. The molecule has 0 saturated heterocycles. The fourth-order valence-electron chi connectivity index (χ4n) is 2.34. The van der Waals surface area contributed by atoms with Crippen LogP contribution in [0.5, 0.6) is 5.75 Å². The lowest BCUT2D eigenvalue weighted by molar-refractivity contribution is 0.306. The molecule has 7 heteroatoms. The first kappa shape index (κ1) is 15.8. The topological polar surface area (TPSA) is 93.9 Å². The minimum Gasteiger partial charge on any atom is -0.489 e. The van der Waals surface area contributed by atoms with Crippen molar-refractivity contribution in [2.24, 2.45) is 0 Å². The van der Waals surface area contributed by atoms with Gasteiger partial charge in [0.1, 0.15) is 18.1 Å². The summed E-state index contributed by atoms with van der Waals surface area (Å²) in [7, 11) is 0. The fraction of sp³-hybridized carbons (Fsp3) is 0.0526. The molecule has 0 bridgehead atoms. The van der Waals surface area contributed by atoms with Gasteiger partial charge in [0.25, 0.3) is 11.4 Å². The fourth-order valence-corrected chi connectivity index (χ4v) is 2.34. The first-order chi connectivity index (χ1) is 12.8. The Morgan fingerprint density at radius 3 is 2.50 bits per heavy atom. The summed E-state index contributed by atoms with van der Waals surface area (Å²) in [5.41, 5.74) is 1.97. The van der Waals surface area contributed by atoms with Crippen LogP contribution < -0.4 is 10.3 Å². The predicted molar refractivity (Wildman–Crippen MR) is 94.4 cm³/mol. The Morgan fingerprint density at radius 1 is 0.962 bits per heavy atom. The van der Waals surface area contributed by atoms with Crippen molar-refractivity contribution in [2.45, 2.75) is 6.61 Å². The Bertz CT molecular complexity index is 1040. The number of ether oxygens (including phenoxy) is 1. The Labute approximate surface area is 148 Å². The number of nitrogens with zero attached hydrogens (tertiary/aromatic N) is 3. The van der Waals surface area contributed by atoms with E-state index in [1.54, 1.807) is 0 Å². The highest BCUT2D eigenvalue weighted by atomic mass is 16.5. The molecule has 0 aliphatic rings. The Kier molecular flexibility index (Phi) is 4.26. The van der Waals surface area contributed by atoms with Crippen molar-refractivity contribution in [3.63, 3.8) is 0 Å². The molecule has 2 heterocycles. The molecule has 0 aliphatic heterocycles. The van der Waals surface area contributed by atoms with E-state index < -0.39 is 0 Å². The van der Waals surface area contributed by atoms with E-state index in [9.17, 15) is 4.79 Å². The first-order valence-electron chi connectivity index (χ1n) is 7.95. The van der Waals surface area contributed by atoms with E-state index in [1.807, 2.05) is 54.6 Å². The molecule has 4 rings (SSSR count). The van der Waals surface area contributed by atoms with Gasteiger partial charge in [-0.15, -0.1) is 0 Å². The predicted octanol–water partition coefficient (Wildman–Crippen LogP) is 3.07. The molecule has 0 saturated carbocycles. The van der Waals surface area contributed by atoms with Crippen LogP contribution >= 0.6 is 0 Å². The van der Waals surface area contributed by atoms with Crippen molar-refractivity contribution in [2.75, 3.05) is 0 Å². The number of rotatable bonds is 5. The molecule has 0 aliphatic carbocycles. The first-order valence-corrected chi connectivity index (χ1v) is 7.95. The van der Waals surface area contributed by atoms with Crippen molar-refractivity contribution in [1.29, 1.82) is 0 Å². The van der Waals surface area contributed by atoms with Gasteiger partial charge >= 0.3 is 0 Å². The van der Waals surface area contributed by atoms with Gasteiger partial charge in [0.2, 0.25) is 5.82 Å². The summed E-state index contributed by atoms with van der Waals surface area (Å²) in [5, 5.41) is 10.2. The molecule has 2 aromatic carbocycles. The molecule has 2 aromatic heterocycles. The lowest BCUT2D eigenvalue weighted by atomic mass is 10.1. The quantitative estimate of drug-likeness (QED) is 0.597. The third-order valence-electron chi connectivity index (χ3n) is 3.69. The molecule has 26 heavy (non-hydrogen) atoms. The van der Waals surface area contributed by atoms with Gasteiger partial charge in [-0.3, -0.25) is 4.79 Å². The molecule has 0 atom stereocenters. The third-order valence-corrected chi connectivity index (χ3v) is 3.69. The van der Waals surface area contributed by atoms with Crippen molar-refractivity contribution in [1.82, 2.24) is 20.3 Å². The summed E-state index contributed by atoms with van der Waals surface area (Å²) in [6, 6.07) is 20.2. The van der Waals surface area contributed by atoms with Crippen LogP contribution in [0.25, 0.3) is 23.0 Å². The maximum Gasteiger partial charge on any atom is 0.278 e. The average Bonchev–Trinajstić information content (AvgIpc) is 3.18. The monoisotopic (exact) mass is 346 g/mol. The van der Waals surface area contributed by atoms with E-state index in [2.05, 4.69) is 20.3 Å². The second-order valence-electron chi connectivity index (χ2n) is 5.53. The van der Waals surface area contributed by atoms with E-state index in [-0.39, 0.29) is 11.4 Å². The normalized spacial score (nSPS) is 10.6. The van der Waals surface area contributed by atoms with Gasteiger partial charge < -0.3 is 9.26 Å². The summed E-state index contributed by atoms with van der Waals surface area (Å²) < 4.78 is 10.9. The van der Waals surface area contributed by atoms with Gasteiger partial charge in [0.15, 0.2) is 0 Å². The van der Waals surface area contributed by atoms with Gasteiger partial charge in [0.05, 0.1) is 0 Å². The Balaban J connectivity index is 1.47. The van der Waals surface area contributed by atoms with Crippen LogP contribution in [0, 0.1) is 0 Å². The molecule has 4 aromatic rings. The molecule has 7 nitrogen and oxygen atoms in total. The number of H-pyrrole nitrogens is 1. The molecule has 0 spiro atoms. The molecular formula is C19H14N4O3. The standard InChI is InChI=1S/C19H14N4O3/c24-17-11-10-16(21-22-17)19-20-18(23-26-19)14-8-6-13(7-9-14)12-25-15-4-2-1-3-5-15/h1-11H,12H2,(H,22,24). The van der Waals surface area contributed by atoms with Gasteiger partial charge in [0, 0.05) is 11.6 Å². The summed E-state index contributed by atoms with van der Waals surface area (Å²) in [4.78, 5) is 15.4. The smallest absolute Gasteiger partial charge is 0.278 e.